The van der Waals surface area contributed by atoms with Crippen molar-refractivity contribution < 1.29 is 9.36 Å². The summed E-state index contributed by atoms with van der Waals surface area (Å²) in [7, 11) is 0. The topological polar surface area (TPSA) is 37.9 Å². The zero-order chi connectivity index (χ0) is 19.3. The number of amides is 1. The molecule has 1 unspecified atom stereocenters. The molecule has 1 atom stereocenters. The quantitative estimate of drug-likeness (QED) is 0.514. The van der Waals surface area contributed by atoms with Gasteiger partial charge in [-0.05, 0) is 30.2 Å². The molecule has 1 aromatic heterocycles. The first-order valence-electron chi connectivity index (χ1n) is 9.56. The lowest BCUT2D eigenvalue weighted by molar-refractivity contribution is -0.663. The molecule has 0 spiro atoms. The number of aromatic nitrogens is 2. The summed E-state index contributed by atoms with van der Waals surface area (Å²) in [6.45, 7) is 3.08. The number of hydrogen-bond donors (Lipinski definition) is 1. The molecule has 0 aliphatic heterocycles. The Bertz CT molecular complexity index is 1070. The lowest BCUT2D eigenvalue weighted by Crippen LogP contribution is -2.34. The van der Waals surface area contributed by atoms with E-state index in [1.54, 1.807) is 0 Å². The zero-order valence-corrected chi connectivity index (χ0v) is 16.0. The molecule has 1 heterocycles. The molecule has 140 valence electrons. The number of carbonyl (C=O) groups excluding carboxylic acids is 1. The Hall–Kier alpha value is -3.40. The van der Waals surface area contributed by atoms with Crippen LogP contribution in [-0.4, -0.2) is 10.5 Å². The SMILES string of the molecule is CC(NC(=O)Cn1c[n+](Cc2ccccc2)c2ccccc21)c1ccccc1. The Morgan fingerprint density at radius 1 is 0.929 bits per heavy atom. The number of imidazole rings is 1. The Kier molecular flexibility index (Phi) is 5.20. The largest absolute Gasteiger partial charge is 0.346 e. The van der Waals surface area contributed by atoms with Crippen LogP contribution in [0.25, 0.3) is 11.0 Å². The van der Waals surface area contributed by atoms with Crippen LogP contribution in [0.2, 0.25) is 0 Å². The van der Waals surface area contributed by atoms with E-state index in [1.807, 2.05) is 78.5 Å². The number of nitrogens with zero attached hydrogens (tertiary/aromatic N) is 2. The minimum Gasteiger partial charge on any atom is -0.346 e. The third-order valence-corrected chi connectivity index (χ3v) is 4.97. The lowest BCUT2D eigenvalue weighted by atomic mass is 10.1. The van der Waals surface area contributed by atoms with Gasteiger partial charge in [-0.15, -0.1) is 0 Å². The maximum Gasteiger partial charge on any atom is 0.262 e. The maximum absolute atomic E-state index is 12.7. The van der Waals surface area contributed by atoms with Gasteiger partial charge in [-0.3, -0.25) is 4.79 Å². The van der Waals surface area contributed by atoms with E-state index in [-0.39, 0.29) is 11.9 Å². The molecule has 0 aliphatic rings. The second kappa shape index (κ2) is 8.09. The molecule has 1 amide bonds. The Labute approximate surface area is 165 Å². The molecule has 0 saturated carbocycles. The number of para-hydroxylation sites is 2. The molecule has 4 nitrogen and oxygen atoms in total. The van der Waals surface area contributed by atoms with E-state index in [9.17, 15) is 4.79 Å². The van der Waals surface area contributed by atoms with E-state index in [0.717, 1.165) is 23.1 Å². The molecule has 4 aromatic rings. The van der Waals surface area contributed by atoms with Gasteiger partial charge in [0.15, 0.2) is 17.6 Å². The average molecular weight is 370 g/mol. The number of hydrogen-bond acceptors (Lipinski definition) is 1. The van der Waals surface area contributed by atoms with Crippen LogP contribution in [-0.2, 0) is 17.9 Å². The van der Waals surface area contributed by atoms with E-state index in [2.05, 4.69) is 34.1 Å². The minimum atomic E-state index is -0.0213. The monoisotopic (exact) mass is 370 g/mol. The predicted molar refractivity (Wildman–Crippen MR) is 111 cm³/mol. The van der Waals surface area contributed by atoms with E-state index < -0.39 is 0 Å². The van der Waals surface area contributed by atoms with Crippen molar-refractivity contribution in [1.82, 2.24) is 9.88 Å². The number of nitrogens with one attached hydrogen (secondary N) is 1. The number of carbonyl (C=O) groups is 1. The van der Waals surface area contributed by atoms with Crippen molar-refractivity contribution in [3.63, 3.8) is 0 Å². The molecule has 4 heteroatoms. The summed E-state index contributed by atoms with van der Waals surface area (Å²) < 4.78 is 4.21. The normalized spacial score (nSPS) is 12.0. The maximum atomic E-state index is 12.7. The third kappa shape index (κ3) is 3.96. The van der Waals surface area contributed by atoms with Gasteiger partial charge in [0.2, 0.25) is 6.33 Å². The first kappa shape index (κ1) is 18.0. The van der Waals surface area contributed by atoms with Gasteiger partial charge in [0.05, 0.1) is 6.04 Å². The zero-order valence-electron chi connectivity index (χ0n) is 16.0. The molecule has 0 radical (unpaired) electrons. The van der Waals surface area contributed by atoms with Crippen LogP contribution in [0.3, 0.4) is 0 Å². The van der Waals surface area contributed by atoms with Crippen molar-refractivity contribution in [2.45, 2.75) is 26.1 Å². The first-order chi connectivity index (χ1) is 13.7. The smallest absolute Gasteiger partial charge is 0.262 e. The summed E-state index contributed by atoms with van der Waals surface area (Å²) in [5, 5.41) is 3.10. The average Bonchev–Trinajstić information content (AvgIpc) is 3.06. The van der Waals surface area contributed by atoms with Crippen LogP contribution in [0.1, 0.15) is 24.1 Å². The van der Waals surface area contributed by atoms with Gasteiger partial charge in [0.1, 0.15) is 6.54 Å². The van der Waals surface area contributed by atoms with E-state index in [4.69, 9.17) is 0 Å². The number of benzene rings is 3. The second-order valence-corrected chi connectivity index (χ2v) is 7.05. The second-order valence-electron chi connectivity index (χ2n) is 7.05. The summed E-state index contributed by atoms with van der Waals surface area (Å²) in [5.41, 5.74) is 4.51. The lowest BCUT2D eigenvalue weighted by Gasteiger charge is -2.13. The Morgan fingerprint density at radius 3 is 2.32 bits per heavy atom. The van der Waals surface area contributed by atoms with Crippen LogP contribution in [0.4, 0.5) is 0 Å². The Balaban J connectivity index is 1.54. The highest BCUT2D eigenvalue weighted by Gasteiger charge is 2.19. The highest BCUT2D eigenvalue weighted by atomic mass is 16.2. The molecule has 0 fully saturated rings. The highest BCUT2D eigenvalue weighted by Crippen LogP contribution is 2.14. The van der Waals surface area contributed by atoms with Gasteiger partial charge in [0.25, 0.3) is 5.91 Å². The summed E-state index contributed by atoms with van der Waals surface area (Å²) in [6, 6.07) is 28.6. The van der Waals surface area contributed by atoms with Gasteiger partial charge in [-0.2, -0.15) is 0 Å². The molecule has 0 bridgehead atoms. The van der Waals surface area contributed by atoms with Gasteiger partial charge >= 0.3 is 0 Å². The number of rotatable bonds is 6. The van der Waals surface area contributed by atoms with Crippen LogP contribution < -0.4 is 9.88 Å². The minimum absolute atomic E-state index is 0.00367. The molecule has 4 rings (SSSR count). The fourth-order valence-electron chi connectivity index (χ4n) is 3.54. The van der Waals surface area contributed by atoms with Crippen molar-refractivity contribution in [2.75, 3.05) is 0 Å². The standard InChI is InChI=1S/C24H23N3O/c1-19(21-12-6-3-7-13-21)25-24(28)17-27-18-26(16-20-10-4-2-5-11-20)22-14-8-9-15-23(22)27/h2-15,18-19H,16-17H2,1H3/p+1. The van der Waals surface area contributed by atoms with E-state index in [0.29, 0.717) is 6.54 Å². The van der Waals surface area contributed by atoms with Crippen molar-refractivity contribution >= 4 is 16.9 Å². The van der Waals surface area contributed by atoms with Crippen LogP contribution >= 0.6 is 0 Å². The molecule has 28 heavy (non-hydrogen) atoms. The van der Waals surface area contributed by atoms with Crippen LogP contribution in [0, 0.1) is 0 Å². The van der Waals surface area contributed by atoms with E-state index in [1.165, 1.54) is 5.56 Å². The first-order valence-corrected chi connectivity index (χ1v) is 9.56. The highest BCUT2D eigenvalue weighted by molar-refractivity contribution is 5.79. The summed E-state index contributed by atoms with van der Waals surface area (Å²) in [6.07, 6.45) is 2.03. The van der Waals surface area contributed by atoms with E-state index >= 15 is 0 Å². The molecule has 0 saturated heterocycles. The fourth-order valence-corrected chi connectivity index (χ4v) is 3.54. The Morgan fingerprint density at radius 2 is 1.57 bits per heavy atom. The van der Waals surface area contributed by atoms with Crippen molar-refractivity contribution in [2.24, 2.45) is 0 Å². The summed E-state index contributed by atoms with van der Waals surface area (Å²) >= 11 is 0. The van der Waals surface area contributed by atoms with Gasteiger partial charge in [-0.1, -0.05) is 72.8 Å². The molecule has 0 aliphatic carbocycles. The van der Waals surface area contributed by atoms with Crippen molar-refractivity contribution in [1.29, 1.82) is 0 Å². The molecule has 3 aromatic carbocycles. The molecule has 1 N–H and O–H groups in total. The van der Waals surface area contributed by atoms with Gasteiger partial charge in [0, 0.05) is 0 Å². The summed E-state index contributed by atoms with van der Waals surface area (Å²) in [5.74, 6) is 0.00367. The third-order valence-electron chi connectivity index (χ3n) is 4.97. The van der Waals surface area contributed by atoms with Gasteiger partial charge < -0.3 is 5.32 Å². The van der Waals surface area contributed by atoms with Gasteiger partial charge in [-0.25, -0.2) is 9.13 Å². The number of fused-ring (bicyclic) bond motifs is 1. The summed E-state index contributed by atoms with van der Waals surface area (Å²) in [4.78, 5) is 12.7. The van der Waals surface area contributed by atoms with Crippen LogP contribution in [0.5, 0.6) is 0 Å². The fraction of sp³-hybridized carbons (Fsp3) is 0.167. The van der Waals surface area contributed by atoms with Crippen LogP contribution in [0.15, 0.2) is 91.3 Å². The molecular formula is C24H24N3O+. The molecular weight excluding hydrogens is 346 g/mol. The van der Waals surface area contributed by atoms with Crippen molar-refractivity contribution in [3.8, 4) is 0 Å². The van der Waals surface area contributed by atoms with Crippen molar-refractivity contribution in [3.05, 3.63) is 102 Å². The predicted octanol–water partition coefficient (Wildman–Crippen LogP) is 3.85.